The number of H-pyrrole nitrogens is 1. The second-order valence-corrected chi connectivity index (χ2v) is 11.0. The Bertz CT molecular complexity index is 1130. The molecule has 172 valence electrons. The number of aromatic nitrogens is 2. The Kier molecular flexibility index (Phi) is 6.67. The molecule has 0 saturated carbocycles. The maximum Gasteiger partial charge on any atom is 0.243 e. The Labute approximate surface area is 192 Å². The number of benzene rings is 2. The van der Waals surface area contributed by atoms with E-state index in [0.717, 1.165) is 35.3 Å². The van der Waals surface area contributed by atoms with Crippen molar-refractivity contribution in [1.82, 2.24) is 14.3 Å². The number of aromatic amines is 1. The summed E-state index contributed by atoms with van der Waals surface area (Å²) in [4.78, 5) is 10.1. The van der Waals surface area contributed by atoms with Gasteiger partial charge in [0.25, 0.3) is 0 Å². The van der Waals surface area contributed by atoms with Crippen LogP contribution in [0.1, 0.15) is 44.9 Å². The monoisotopic (exact) mass is 454 g/mol. The van der Waals surface area contributed by atoms with E-state index in [9.17, 15) is 8.42 Å². The maximum atomic E-state index is 13.7. The number of fused-ring (bicyclic) bond motifs is 1. The van der Waals surface area contributed by atoms with Gasteiger partial charge in [0.2, 0.25) is 10.0 Å². The predicted molar refractivity (Wildman–Crippen MR) is 130 cm³/mol. The molecule has 4 rings (SSSR count). The molecule has 1 aliphatic heterocycles. The molecule has 0 amide bonds. The topological polar surface area (TPSA) is 69.3 Å². The molecule has 1 atom stereocenters. The number of para-hydroxylation sites is 1. The van der Waals surface area contributed by atoms with E-state index >= 15 is 0 Å². The van der Waals surface area contributed by atoms with Gasteiger partial charge in [0, 0.05) is 32.4 Å². The van der Waals surface area contributed by atoms with Crippen LogP contribution in [0.25, 0.3) is 0 Å². The third-order valence-corrected chi connectivity index (χ3v) is 7.96. The van der Waals surface area contributed by atoms with E-state index in [1.807, 2.05) is 43.5 Å². The highest BCUT2D eigenvalue weighted by atomic mass is 32.2. The van der Waals surface area contributed by atoms with E-state index in [4.69, 9.17) is 0 Å². The van der Waals surface area contributed by atoms with Crippen LogP contribution in [0.2, 0.25) is 0 Å². The van der Waals surface area contributed by atoms with Crippen LogP contribution in [0.5, 0.6) is 0 Å². The van der Waals surface area contributed by atoms with Gasteiger partial charge in [0.05, 0.1) is 23.5 Å². The van der Waals surface area contributed by atoms with Crippen molar-refractivity contribution in [2.45, 2.75) is 57.6 Å². The molecule has 0 radical (unpaired) electrons. The molecule has 1 aromatic heterocycles. The minimum atomic E-state index is -3.62. The van der Waals surface area contributed by atoms with Crippen molar-refractivity contribution in [3.63, 3.8) is 0 Å². The van der Waals surface area contributed by atoms with E-state index in [1.54, 1.807) is 22.8 Å². The number of nitrogens with one attached hydrogen (secondary N) is 1. The molecule has 1 unspecified atom stereocenters. The lowest BCUT2D eigenvalue weighted by molar-refractivity contribution is 0.357. The first-order valence-corrected chi connectivity index (χ1v) is 12.7. The highest BCUT2D eigenvalue weighted by Gasteiger charge is 2.34. The van der Waals surface area contributed by atoms with Crippen molar-refractivity contribution in [2.75, 3.05) is 11.4 Å². The smallest absolute Gasteiger partial charge is 0.243 e. The predicted octanol–water partition coefficient (Wildman–Crippen LogP) is 4.98. The molecule has 7 heteroatoms. The van der Waals surface area contributed by atoms with Crippen LogP contribution in [0.4, 0.5) is 5.69 Å². The van der Waals surface area contributed by atoms with Crippen molar-refractivity contribution in [3.8, 4) is 0 Å². The van der Waals surface area contributed by atoms with Crippen LogP contribution in [0, 0.1) is 12.8 Å². The third-order valence-electron chi connectivity index (χ3n) is 6.13. The first-order valence-electron chi connectivity index (χ1n) is 11.2. The Balaban J connectivity index is 0.00000306. The molecule has 32 heavy (non-hydrogen) atoms. The molecule has 0 spiro atoms. The standard InChI is InChI=1S/C25H32N4O2S.H2/c1-19(2)8-11-23-17-28(32(30,31)24-12-9-20(3)10-13-24)15-21-6-4-5-7-25(21)29(23)16-22-14-26-18-27-22;/h4-7,9-10,12-14,18-19,23H,8,11,15-17H2,1-3H3,(H,26,27);1H. The fourth-order valence-corrected chi connectivity index (χ4v) is 5.75. The molecule has 3 aromatic rings. The zero-order valence-electron chi connectivity index (χ0n) is 19.0. The van der Waals surface area contributed by atoms with E-state index < -0.39 is 10.0 Å². The van der Waals surface area contributed by atoms with Gasteiger partial charge in [0.15, 0.2) is 0 Å². The van der Waals surface area contributed by atoms with Crippen LogP contribution in [0.15, 0.2) is 66.0 Å². The van der Waals surface area contributed by atoms with Gasteiger partial charge in [-0.3, -0.25) is 0 Å². The highest BCUT2D eigenvalue weighted by Crippen LogP contribution is 2.33. The minimum absolute atomic E-state index is 0. The molecule has 0 aliphatic carbocycles. The largest absolute Gasteiger partial charge is 0.361 e. The number of aryl methyl sites for hydroxylation is 1. The summed E-state index contributed by atoms with van der Waals surface area (Å²) in [5, 5.41) is 0. The van der Waals surface area contributed by atoms with Crippen LogP contribution < -0.4 is 4.90 Å². The molecule has 1 N–H and O–H groups in total. The van der Waals surface area contributed by atoms with Gasteiger partial charge in [-0.25, -0.2) is 13.4 Å². The maximum absolute atomic E-state index is 13.7. The van der Waals surface area contributed by atoms with Gasteiger partial charge in [0.1, 0.15) is 0 Å². The Hall–Kier alpha value is -2.64. The molecule has 6 nitrogen and oxygen atoms in total. The Morgan fingerprint density at radius 1 is 1.16 bits per heavy atom. The van der Waals surface area contributed by atoms with Gasteiger partial charge < -0.3 is 9.88 Å². The average Bonchev–Trinajstić information content (AvgIpc) is 3.22. The number of rotatable bonds is 7. The second kappa shape index (κ2) is 9.46. The Morgan fingerprint density at radius 3 is 2.59 bits per heavy atom. The number of sulfonamides is 1. The van der Waals surface area contributed by atoms with Crippen LogP contribution in [0.3, 0.4) is 0 Å². The van der Waals surface area contributed by atoms with Crippen molar-refractivity contribution in [3.05, 3.63) is 77.9 Å². The molecule has 0 saturated heterocycles. The van der Waals surface area contributed by atoms with Gasteiger partial charge >= 0.3 is 0 Å². The Morgan fingerprint density at radius 2 is 1.91 bits per heavy atom. The lowest BCUT2D eigenvalue weighted by Gasteiger charge is -2.34. The van der Waals surface area contributed by atoms with Crippen LogP contribution >= 0.6 is 0 Å². The summed E-state index contributed by atoms with van der Waals surface area (Å²) in [7, 11) is -3.62. The summed E-state index contributed by atoms with van der Waals surface area (Å²) in [6, 6.07) is 15.4. The highest BCUT2D eigenvalue weighted by molar-refractivity contribution is 7.89. The fraction of sp³-hybridized carbons (Fsp3) is 0.400. The zero-order valence-corrected chi connectivity index (χ0v) is 19.8. The molecular weight excluding hydrogens is 420 g/mol. The van der Waals surface area contributed by atoms with Crippen LogP contribution in [-0.4, -0.2) is 35.3 Å². The summed E-state index contributed by atoms with van der Waals surface area (Å²) in [6.07, 6.45) is 5.48. The number of nitrogens with zero attached hydrogens (tertiary/aromatic N) is 3. The number of imidazole rings is 1. The van der Waals surface area contributed by atoms with E-state index in [0.29, 0.717) is 30.4 Å². The van der Waals surface area contributed by atoms with Gasteiger partial charge in [-0.2, -0.15) is 4.31 Å². The van der Waals surface area contributed by atoms with Gasteiger partial charge in [-0.15, -0.1) is 0 Å². The second-order valence-electron chi connectivity index (χ2n) is 9.07. The molecular formula is C25H34N4O2S. The number of hydrogen-bond donors (Lipinski definition) is 1. The lowest BCUT2D eigenvalue weighted by atomic mass is 10.0. The van der Waals surface area contributed by atoms with Crippen molar-refractivity contribution in [1.29, 1.82) is 0 Å². The molecule has 0 bridgehead atoms. The van der Waals surface area contributed by atoms with Crippen LogP contribution in [-0.2, 0) is 23.1 Å². The molecule has 2 heterocycles. The average molecular weight is 455 g/mol. The molecule has 0 fully saturated rings. The third kappa shape index (κ3) is 4.89. The summed E-state index contributed by atoms with van der Waals surface area (Å²) in [5.41, 5.74) is 4.18. The SMILES string of the molecule is Cc1ccc(S(=O)(=O)N2Cc3ccccc3N(Cc3cnc[nH]3)C(CCC(C)C)C2)cc1.[HH]. The normalized spacial score (nSPS) is 17.4. The van der Waals surface area contributed by atoms with E-state index in [2.05, 4.69) is 34.8 Å². The number of anilines is 1. The van der Waals surface area contributed by atoms with E-state index in [1.165, 1.54) is 0 Å². The lowest BCUT2D eigenvalue weighted by Crippen LogP contribution is -2.43. The van der Waals surface area contributed by atoms with Crippen molar-refractivity contribution >= 4 is 15.7 Å². The van der Waals surface area contributed by atoms with Gasteiger partial charge in [-0.1, -0.05) is 49.7 Å². The first kappa shape index (κ1) is 22.6. The summed E-state index contributed by atoms with van der Waals surface area (Å²) >= 11 is 0. The summed E-state index contributed by atoms with van der Waals surface area (Å²) in [6.45, 7) is 7.87. The fourth-order valence-electron chi connectivity index (χ4n) is 4.29. The minimum Gasteiger partial charge on any atom is -0.361 e. The first-order chi connectivity index (χ1) is 15.3. The van der Waals surface area contributed by atoms with Gasteiger partial charge in [-0.05, 0) is 49.4 Å². The van der Waals surface area contributed by atoms with Crippen molar-refractivity contribution in [2.24, 2.45) is 5.92 Å². The number of hydrogen-bond acceptors (Lipinski definition) is 4. The quantitative estimate of drug-likeness (QED) is 0.547. The van der Waals surface area contributed by atoms with E-state index in [-0.39, 0.29) is 7.47 Å². The zero-order chi connectivity index (χ0) is 22.7. The summed E-state index contributed by atoms with van der Waals surface area (Å²) < 4.78 is 29.0. The summed E-state index contributed by atoms with van der Waals surface area (Å²) in [5.74, 6) is 0.546. The molecule has 2 aromatic carbocycles. The molecule has 1 aliphatic rings. The van der Waals surface area contributed by atoms with Crippen molar-refractivity contribution < 1.29 is 9.84 Å².